The SMILES string of the molecule is O=C(O)c1cccc(C(=O)Nc2ccc(-c3csc(N4CCOCC4)n3)cc2)n1. The van der Waals surface area contributed by atoms with Crippen LogP contribution in [-0.2, 0) is 4.74 Å². The Bertz CT molecular complexity index is 1030. The van der Waals surface area contributed by atoms with Crippen LogP contribution in [-0.4, -0.2) is 53.3 Å². The lowest BCUT2D eigenvalue weighted by molar-refractivity contribution is 0.0690. The maximum absolute atomic E-state index is 12.3. The first-order valence-corrected chi connectivity index (χ1v) is 9.88. The number of amides is 1. The second kappa shape index (κ2) is 8.38. The van der Waals surface area contributed by atoms with E-state index in [1.54, 1.807) is 23.5 Å². The molecular formula is C20H18N4O4S. The van der Waals surface area contributed by atoms with Crippen molar-refractivity contribution in [3.63, 3.8) is 0 Å². The highest BCUT2D eigenvalue weighted by Gasteiger charge is 2.15. The van der Waals surface area contributed by atoms with Gasteiger partial charge in [0.05, 0.1) is 18.9 Å². The van der Waals surface area contributed by atoms with Crippen LogP contribution in [0.3, 0.4) is 0 Å². The van der Waals surface area contributed by atoms with Crippen molar-refractivity contribution in [3.8, 4) is 11.3 Å². The molecule has 0 saturated carbocycles. The predicted molar refractivity (Wildman–Crippen MR) is 110 cm³/mol. The van der Waals surface area contributed by atoms with Crippen molar-refractivity contribution in [1.82, 2.24) is 9.97 Å². The number of anilines is 2. The smallest absolute Gasteiger partial charge is 0.354 e. The van der Waals surface area contributed by atoms with Crippen LogP contribution in [0.15, 0.2) is 47.8 Å². The van der Waals surface area contributed by atoms with Gasteiger partial charge < -0.3 is 20.1 Å². The van der Waals surface area contributed by atoms with Crippen LogP contribution < -0.4 is 10.2 Å². The number of carboxylic acids is 1. The maximum atomic E-state index is 12.3. The van der Waals surface area contributed by atoms with Gasteiger partial charge >= 0.3 is 5.97 Å². The number of hydrogen-bond donors (Lipinski definition) is 2. The summed E-state index contributed by atoms with van der Waals surface area (Å²) < 4.78 is 5.37. The molecule has 148 valence electrons. The fraction of sp³-hybridized carbons (Fsp3) is 0.200. The Morgan fingerprint density at radius 2 is 1.76 bits per heavy atom. The lowest BCUT2D eigenvalue weighted by Crippen LogP contribution is -2.36. The molecule has 0 spiro atoms. The second-order valence-electron chi connectivity index (χ2n) is 6.36. The number of carbonyl (C=O) groups is 2. The van der Waals surface area contributed by atoms with Crippen LogP contribution in [0, 0.1) is 0 Å². The van der Waals surface area contributed by atoms with E-state index in [1.807, 2.05) is 17.5 Å². The third-order valence-electron chi connectivity index (χ3n) is 4.41. The molecule has 2 aromatic heterocycles. The quantitative estimate of drug-likeness (QED) is 0.666. The van der Waals surface area contributed by atoms with Crippen LogP contribution in [0.2, 0.25) is 0 Å². The second-order valence-corrected chi connectivity index (χ2v) is 7.20. The van der Waals surface area contributed by atoms with Crippen LogP contribution in [0.5, 0.6) is 0 Å². The van der Waals surface area contributed by atoms with E-state index in [0.717, 1.165) is 29.5 Å². The Kier molecular flexibility index (Phi) is 5.50. The molecule has 0 atom stereocenters. The average Bonchev–Trinajstić information content (AvgIpc) is 3.25. The third kappa shape index (κ3) is 4.41. The summed E-state index contributed by atoms with van der Waals surface area (Å²) in [5.74, 6) is -1.65. The first-order valence-electron chi connectivity index (χ1n) is 9.00. The summed E-state index contributed by atoms with van der Waals surface area (Å²) in [6, 6.07) is 11.6. The van der Waals surface area contributed by atoms with Gasteiger partial charge in [-0.05, 0) is 24.3 Å². The number of aromatic nitrogens is 2. The van der Waals surface area contributed by atoms with Gasteiger partial charge in [0, 0.05) is 29.7 Å². The van der Waals surface area contributed by atoms with E-state index in [0.29, 0.717) is 18.9 Å². The van der Waals surface area contributed by atoms with Gasteiger partial charge in [-0.15, -0.1) is 11.3 Å². The standard InChI is InChI=1S/C20H18N4O4S/c25-18(15-2-1-3-16(22-15)19(26)27)21-14-6-4-13(5-7-14)17-12-29-20(23-17)24-8-10-28-11-9-24/h1-7,12H,8-11H2,(H,21,25)(H,26,27). The van der Waals surface area contributed by atoms with E-state index in [-0.39, 0.29) is 11.4 Å². The zero-order chi connectivity index (χ0) is 20.2. The molecule has 0 aliphatic carbocycles. The summed E-state index contributed by atoms with van der Waals surface area (Å²) in [6.07, 6.45) is 0. The van der Waals surface area contributed by atoms with Crippen molar-refractivity contribution in [2.24, 2.45) is 0 Å². The summed E-state index contributed by atoms with van der Waals surface area (Å²) in [4.78, 5) is 34.1. The summed E-state index contributed by atoms with van der Waals surface area (Å²) in [5, 5.41) is 14.7. The van der Waals surface area contributed by atoms with E-state index >= 15 is 0 Å². The highest BCUT2D eigenvalue weighted by atomic mass is 32.1. The van der Waals surface area contributed by atoms with Gasteiger partial charge in [0.1, 0.15) is 11.4 Å². The number of nitrogens with zero attached hydrogens (tertiary/aromatic N) is 3. The van der Waals surface area contributed by atoms with Crippen molar-refractivity contribution in [3.05, 3.63) is 59.2 Å². The van der Waals surface area contributed by atoms with Gasteiger partial charge in [-0.25, -0.2) is 14.8 Å². The molecule has 3 heterocycles. The number of carboxylic acid groups (broad SMARTS) is 1. The van der Waals surface area contributed by atoms with Crippen LogP contribution in [0.25, 0.3) is 11.3 Å². The molecular weight excluding hydrogens is 392 g/mol. The summed E-state index contributed by atoms with van der Waals surface area (Å²) in [7, 11) is 0. The van der Waals surface area contributed by atoms with Crippen molar-refractivity contribution in [1.29, 1.82) is 0 Å². The highest BCUT2D eigenvalue weighted by molar-refractivity contribution is 7.14. The number of carbonyl (C=O) groups excluding carboxylic acids is 1. The van der Waals surface area contributed by atoms with E-state index < -0.39 is 11.9 Å². The van der Waals surface area contributed by atoms with Gasteiger partial charge in [-0.3, -0.25) is 4.79 Å². The Morgan fingerprint density at radius 1 is 1.03 bits per heavy atom. The van der Waals surface area contributed by atoms with Gasteiger partial charge in [0.15, 0.2) is 5.13 Å². The molecule has 4 rings (SSSR count). The van der Waals surface area contributed by atoms with Gasteiger partial charge in [0.25, 0.3) is 5.91 Å². The topological polar surface area (TPSA) is 105 Å². The molecule has 3 aromatic rings. The first kappa shape index (κ1) is 19.0. The molecule has 9 heteroatoms. The number of rotatable bonds is 5. The Hall–Kier alpha value is -3.30. The monoisotopic (exact) mass is 410 g/mol. The average molecular weight is 410 g/mol. The molecule has 1 aliphatic rings. The molecule has 0 bridgehead atoms. The number of hydrogen-bond acceptors (Lipinski definition) is 7. The molecule has 1 saturated heterocycles. The minimum atomic E-state index is -1.18. The van der Waals surface area contributed by atoms with Gasteiger partial charge in [-0.1, -0.05) is 18.2 Å². The number of nitrogens with one attached hydrogen (secondary N) is 1. The van der Waals surface area contributed by atoms with E-state index in [4.69, 9.17) is 14.8 Å². The number of thiazole rings is 1. The van der Waals surface area contributed by atoms with E-state index in [9.17, 15) is 9.59 Å². The molecule has 29 heavy (non-hydrogen) atoms. The van der Waals surface area contributed by atoms with E-state index in [2.05, 4.69) is 15.2 Å². The number of pyridine rings is 1. The first-order chi connectivity index (χ1) is 14.1. The normalized spacial score (nSPS) is 13.9. The minimum Gasteiger partial charge on any atom is -0.477 e. The van der Waals surface area contributed by atoms with Crippen molar-refractivity contribution in [2.45, 2.75) is 0 Å². The molecule has 1 aliphatic heterocycles. The van der Waals surface area contributed by atoms with Crippen molar-refractivity contribution < 1.29 is 19.4 Å². The summed E-state index contributed by atoms with van der Waals surface area (Å²) in [6.45, 7) is 3.12. The molecule has 8 nitrogen and oxygen atoms in total. The molecule has 1 aromatic carbocycles. The summed E-state index contributed by atoms with van der Waals surface area (Å²) >= 11 is 1.60. The van der Waals surface area contributed by atoms with Crippen molar-refractivity contribution >= 4 is 34.0 Å². The largest absolute Gasteiger partial charge is 0.477 e. The zero-order valence-corrected chi connectivity index (χ0v) is 16.2. The molecule has 2 N–H and O–H groups in total. The van der Waals surface area contributed by atoms with Crippen LogP contribution in [0.4, 0.5) is 10.8 Å². The van der Waals surface area contributed by atoms with Crippen LogP contribution >= 0.6 is 11.3 Å². The third-order valence-corrected chi connectivity index (χ3v) is 5.31. The van der Waals surface area contributed by atoms with Crippen LogP contribution in [0.1, 0.15) is 21.0 Å². The summed E-state index contributed by atoms with van der Waals surface area (Å²) in [5.41, 5.74) is 2.29. The Labute approximate surface area is 170 Å². The zero-order valence-electron chi connectivity index (χ0n) is 15.4. The molecule has 1 amide bonds. The van der Waals surface area contributed by atoms with Gasteiger partial charge in [0.2, 0.25) is 0 Å². The Morgan fingerprint density at radius 3 is 2.48 bits per heavy atom. The molecule has 0 unspecified atom stereocenters. The maximum Gasteiger partial charge on any atom is 0.354 e. The Balaban J connectivity index is 1.44. The van der Waals surface area contributed by atoms with Crippen molar-refractivity contribution in [2.75, 3.05) is 36.5 Å². The number of ether oxygens (including phenoxy) is 1. The fourth-order valence-electron chi connectivity index (χ4n) is 2.90. The minimum absolute atomic E-state index is 0.0450. The van der Waals surface area contributed by atoms with Gasteiger partial charge in [-0.2, -0.15) is 0 Å². The lowest BCUT2D eigenvalue weighted by Gasteiger charge is -2.26. The number of morpholine rings is 1. The number of benzene rings is 1. The highest BCUT2D eigenvalue weighted by Crippen LogP contribution is 2.28. The van der Waals surface area contributed by atoms with E-state index in [1.165, 1.54) is 18.2 Å². The fourth-order valence-corrected chi connectivity index (χ4v) is 3.78. The predicted octanol–water partition coefficient (Wildman–Crippen LogP) is 2.99. The molecule has 0 radical (unpaired) electrons. The lowest BCUT2D eigenvalue weighted by atomic mass is 10.1. The number of aromatic carboxylic acids is 1. The molecule has 1 fully saturated rings.